The molecule has 0 bridgehead atoms. The molecule has 68 valence electrons. The molecule has 0 heterocycles. The van der Waals surface area contributed by atoms with Gasteiger partial charge in [-0.25, -0.2) is 17.6 Å². The summed E-state index contributed by atoms with van der Waals surface area (Å²) in [5, 5.41) is 8.51. The highest BCUT2D eigenvalue weighted by molar-refractivity contribution is 4.80. The number of hydrogen-bond donors (Lipinski definition) is 1. The Kier molecular flexibility index (Phi) is 3.29. The largest absolute Gasteiger partial charge is 0.359 e. The van der Waals surface area contributed by atoms with E-state index in [1.807, 2.05) is 0 Å². The first-order valence-corrected chi connectivity index (χ1v) is 3.13. The molecule has 0 rings (SSSR count). The Hall–Kier alpha value is -0.320. The van der Waals surface area contributed by atoms with Crippen molar-refractivity contribution in [1.29, 1.82) is 0 Å². The summed E-state index contributed by atoms with van der Waals surface area (Å²) in [5.41, 5.74) is 0. The first kappa shape index (κ1) is 10.7. The van der Waals surface area contributed by atoms with Gasteiger partial charge in [-0.3, -0.25) is 0 Å². The minimum absolute atomic E-state index is 1.12. The average Bonchev–Trinajstić information content (AvgIpc) is 1.85. The van der Waals surface area contributed by atoms with Gasteiger partial charge in [-0.15, -0.1) is 0 Å². The zero-order valence-corrected chi connectivity index (χ0v) is 6.19. The van der Waals surface area contributed by atoms with Crippen molar-refractivity contribution >= 4 is 0 Å². The lowest BCUT2D eigenvalue weighted by atomic mass is 10.0. The average molecular weight is 174 g/mol. The second-order valence-corrected chi connectivity index (χ2v) is 2.62. The molecular formula is C6H10F4O. The second-order valence-electron chi connectivity index (χ2n) is 2.62. The van der Waals surface area contributed by atoms with Crippen LogP contribution in [0.4, 0.5) is 17.6 Å². The molecule has 0 aromatic heterocycles. The Morgan fingerprint density at radius 3 is 1.64 bits per heavy atom. The van der Waals surface area contributed by atoms with Crippen molar-refractivity contribution in [3.05, 3.63) is 0 Å². The highest BCUT2D eigenvalue weighted by atomic mass is 19.3. The number of halogens is 4. The van der Waals surface area contributed by atoms with E-state index >= 15 is 0 Å². The minimum atomic E-state index is -3.49. The Bertz CT molecular complexity index is 124. The second kappa shape index (κ2) is 3.38. The van der Waals surface area contributed by atoms with Crippen LogP contribution in [0.25, 0.3) is 0 Å². The number of rotatable bonds is 3. The molecule has 0 aromatic carbocycles. The van der Waals surface area contributed by atoms with Crippen LogP contribution in [0.3, 0.4) is 0 Å². The molecule has 11 heavy (non-hydrogen) atoms. The van der Waals surface area contributed by atoms with E-state index in [0.29, 0.717) is 0 Å². The lowest BCUT2D eigenvalue weighted by molar-refractivity contribution is -0.205. The van der Waals surface area contributed by atoms with Crippen LogP contribution >= 0.6 is 0 Å². The predicted molar refractivity (Wildman–Crippen MR) is 31.8 cm³/mol. The van der Waals surface area contributed by atoms with Crippen molar-refractivity contribution in [2.24, 2.45) is 5.92 Å². The highest BCUT2D eigenvalue weighted by Gasteiger charge is 2.46. The van der Waals surface area contributed by atoms with E-state index in [1.54, 1.807) is 0 Å². The third-order valence-electron chi connectivity index (χ3n) is 1.42. The molecule has 5 heteroatoms. The fraction of sp³-hybridized carbons (Fsp3) is 1.00. The fourth-order valence-electron chi connectivity index (χ4n) is 0.495. The van der Waals surface area contributed by atoms with Crippen molar-refractivity contribution in [3.63, 3.8) is 0 Å². The Morgan fingerprint density at radius 2 is 1.55 bits per heavy atom. The summed E-state index contributed by atoms with van der Waals surface area (Å²) in [5.74, 6) is -4.62. The van der Waals surface area contributed by atoms with Gasteiger partial charge in [-0.2, -0.15) is 0 Å². The number of hydrogen-bond acceptors (Lipinski definition) is 1. The van der Waals surface area contributed by atoms with E-state index in [1.165, 1.54) is 0 Å². The minimum Gasteiger partial charge on any atom is -0.359 e. The Labute approximate surface area is 62.0 Å². The van der Waals surface area contributed by atoms with Crippen LogP contribution in [0.5, 0.6) is 0 Å². The van der Waals surface area contributed by atoms with Gasteiger partial charge in [0.25, 0.3) is 6.43 Å². The summed E-state index contributed by atoms with van der Waals surface area (Å²) in [6.45, 7) is 2.24. The summed E-state index contributed by atoms with van der Waals surface area (Å²) >= 11 is 0. The zero-order chi connectivity index (χ0) is 9.23. The number of alkyl halides is 4. The first-order chi connectivity index (χ1) is 4.80. The van der Waals surface area contributed by atoms with Crippen LogP contribution in [0.15, 0.2) is 0 Å². The maximum Gasteiger partial charge on any atom is 0.275 e. The molecule has 0 amide bonds. The van der Waals surface area contributed by atoms with Gasteiger partial charge in [0.2, 0.25) is 12.0 Å². The topological polar surface area (TPSA) is 20.2 Å². The molecule has 0 saturated heterocycles. The van der Waals surface area contributed by atoms with Crippen LogP contribution < -0.4 is 0 Å². The van der Waals surface area contributed by atoms with Gasteiger partial charge in [0.1, 0.15) is 0 Å². The quantitative estimate of drug-likeness (QED) is 0.648. The molecular weight excluding hydrogens is 164 g/mol. The number of aliphatic hydroxyl groups is 1. The summed E-state index contributed by atoms with van der Waals surface area (Å²) in [6.07, 6.45) is -6.63. The molecule has 2 atom stereocenters. The van der Waals surface area contributed by atoms with Gasteiger partial charge >= 0.3 is 0 Å². The molecule has 2 unspecified atom stereocenters. The van der Waals surface area contributed by atoms with Gasteiger partial charge in [0.05, 0.1) is 0 Å². The van der Waals surface area contributed by atoms with Gasteiger partial charge in [-0.05, 0) is 0 Å². The van der Waals surface area contributed by atoms with E-state index in [4.69, 9.17) is 5.11 Å². The molecule has 0 spiro atoms. The van der Waals surface area contributed by atoms with Crippen LogP contribution in [-0.4, -0.2) is 23.6 Å². The lowest BCUT2D eigenvalue weighted by Gasteiger charge is -2.25. The Balaban J connectivity index is 4.29. The van der Waals surface area contributed by atoms with E-state index < -0.39 is 24.4 Å². The monoisotopic (exact) mass is 174 g/mol. The van der Waals surface area contributed by atoms with E-state index in [2.05, 4.69) is 0 Å². The molecule has 0 fully saturated rings. The van der Waals surface area contributed by atoms with E-state index in [-0.39, 0.29) is 0 Å². The van der Waals surface area contributed by atoms with Crippen molar-refractivity contribution in [2.75, 3.05) is 0 Å². The normalized spacial score (nSPS) is 20.5. The summed E-state index contributed by atoms with van der Waals surface area (Å²) in [4.78, 5) is 0. The van der Waals surface area contributed by atoms with Crippen molar-refractivity contribution < 1.29 is 22.7 Å². The van der Waals surface area contributed by atoms with Gasteiger partial charge in [-0.1, -0.05) is 13.8 Å². The van der Waals surface area contributed by atoms with Crippen LogP contribution in [-0.2, 0) is 0 Å². The SMILES string of the molecule is CC(C)C(O)(F)C(F)C(F)F. The van der Waals surface area contributed by atoms with Crippen molar-refractivity contribution in [3.8, 4) is 0 Å². The molecule has 0 radical (unpaired) electrons. The van der Waals surface area contributed by atoms with Crippen LogP contribution in [0, 0.1) is 5.92 Å². The maximum atomic E-state index is 12.6. The lowest BCUT2D eigenvalue weighted by Crippen LogP contribution is -2.44. The molecule has 1 nitrogen and oxygen atoms in total. The van der Waals surface area contributed by atoms with Gasteiger partial charge in [0.15, 0.2) is 0 Å². The summed E-state index contributed by atoms with van der Waals surface area (Å²) < 4.78 is 47.8. The smallest absolute Gasteiger partial charge is 0.275 e. The molecule has 0 aliphatic rings. The molecule has 0 saturated carbocycles. The third-order valence-corrected chi connectivity index (χ3v) is 1.42. The zero-order valence-electron chi connectivity index (χ0n) is 6.19. The molecule has 1 N–H and O–H groups in total. The maximum absolute atomic E-state index is 12.6. The third kappa shape index (κ3) is 2.32. The fourth-order valence-corrected chi connectivity index (χ4v) is 0.495. The van der Waals surface area contributed by atoms with Crippen molar-refractivity contribution in [2.45, 2.75) is 32.3 Å². The first-order valence-electron chi connectivity index (χ1n) is 3.13. The van der Waals surface area contributed by atoms with Gasteiger partial charge < -0.3 is 5.11 Å². The molecule has 0 aliphatic carbocycles. The molecule has 0 aliphatic heterocycles. The summed E-state index contributed by atoms with van der Waals surface area (Å²) in [7, 11) is 0. The van der Waals surface area contributed by atoms with Crippen LogP contribution in [0.2, 0.25) is 0 Å². The van der Waals surface area contributed by atoms with Crippen molar-refractivity contribution in [1.82, 2.24) is 0 Å². The molecule has 0 aromatic rings. The highest BCUT2D eigenvalue weighted by Crippen LogP contribution is 2.28. The van der Waals surface area contributed by atoms with Gasteiger partial charge in [0, 0.05) is 5.92 Å². The Morgan fingerprint density at radius 1 is 1.18 bits per heavy atom. The van der Waals surface area contributed by atoms with E-state index in [9.17, 15) is 17.6 Å². The standard InChI is InChI=1S/C6H10F4O/c1-3(2)6(10,11)4(7)5(8)9/h3-5,11H,1-2H3. The predicted octanol–water partition coefficient (Wildman–Crippen LogP) is 1.90. The van der Waals surface area contributed by atoms with E-state index in [0.717, 1.165) is 13.8 Å². The summed E-state index contributed by atoms with van der Waals surface area (Å²) in [6, 6.07) is 0. The van der Waals surface area contributed by atoms with Crippen LogP contribution in [0.1, 0.15) is 13.8 Å².